The summed E-state index contributed by atoms with van der Waals surface area (Å²) in [6.45, 7) is 8.31. The fourth-order valence-corrected chi connectivity index (χ4v) is 12.4. The van der Waals surface area contributed by atoms with Crippen molar-refractivity contribution in [2.45, 2.75) is 165 Å². The minimum Gasteiger partial charge on any atom is -0.462 e. The summed E-state index contributed by atoms with van der Waals surface area (Å²) in [6.07, 6.45) is 6.93. The van der Waals surface area contributed by atoms with Gasteiger partial charge in [-0.05, 0) is 95.7 Å². The highest BCUT2D eigenvalue weighted by atomic mass is 16.8. The molecule has 0 aromatic carbocycles. The number of rotatable bonds is 9. The molecule has 0 aromatic rings. The number of hydrogen-bond acceptors (Lipinski definition) is 12. The van der Waals surface area contributed by atoms with Gasteiger partial charge in [0.25, 0.3) is 0 Å². The van der Waals surface area contributed by atoms with Gasteiger partial charge in [0.2, 0.25) is 0 Å². The Morgan fingerprint density at radius 2 is 1.69 bits per heavy atom. The first-order chi connectivity index (χ1) is 25.9. The molecular formula is C42H65NO11. The Bertz CT molecular complexity index is 1420. The lowest BCUT2D eigenvalue weighted by atomic mass is 9.66. The summed E-state index contributed by atoms with van der Waals surface area (Å²) in [5, 5.41) is 0. The summed E-state index contributed by atoms with van der Waals surface area (Å²) in [7, 11) is 9.29. The molecule has 0 aromatic heterocycles. The third kappa shape index (κ3) is 6.46. The van der Waals surface area contributed by atoms with Gasteiger partial charge < -0.3 is 47.5 Å². The van der Waals surface area contributed by atoms with Crippen LogP contribution in [0.5, 0.6) is 0 Å². The second-order valence-corrected chi connectivity index (χ2v) is 18.0. The maximum absolute atomic E-state index is 14.8. The molecule has 54 heavy (non-hydrogen) atoms. The Hall–Kier alpha value is -1.48. The predicted octanol–water partition coefficient (Wildman–Crippen LogP) is 4.70. The fourth-order valence-electron chi connectivity index (χ4n) is 12.4. The minimum absolute atomic E-state index is 0.0130. The molecule has 0 radical (unpaired) electrons. The maximum Gasteiger partial charge on any atom is 0.306 e. The van der Waals surface area contributed by atoms with E-state index in [0.29, 0.717) is 18.4 Å². The van der Waals surface area contributed by atoms with Crippen LogP contribution in [0.25, 0.3) is 0 Å². The van der Waals surface area contributed by atoms with E-state index in [4.69, 9.17) is 42.6 Å². The number of methoxy groups -OCH3 is 3. The number of hydrogen-bond donors (Lipinski definition) is 0. The van der Waals surface area contributed by atoms with Gasteiger partial charge in [0.15, 0.2) is 24.0 Å². The molecule has 5 unspecified atom stereocenters. The lowest BCUT2D eigenvalue weighted by Gasteiger charge is -2.53. The highest BCUT2D eigenvalue weighted by molar-refractivity contribution is 5.99. The van der Waals surface area contributed by atoms with Gasteiger partial charge >= 0.3 is 5.97 Å². The van der Waals surface area contributed by atoms with Crippen LogP contribution >= 0.6 is 0 Å². The molecule has 0 N–H and O–H groups in total. The first-order valence-electron chi connectivity index (χ1n) is 20.9. The standard InChI is InChI=1S/C42H65NO11/c1-10-23-12-11-13-31(52-33-15-14-30(43(5)6)22(4)49-33)20(2)35(45)28-18-26-25-16-24(17-29(25)37-38(53-37)34(26)27(28)19-32(44)50-23)51-41-42(48-9)39(54-41)21(3)36(46-7)40(42)47-8/h18,20-27,29-31,33-34,36-41H,10-17,19H2,1-9H3/t20-,21?,22?,23+,24+,25+,26+,27-,29-,30+,31+,33+,34-,36+,37-,38+,39?,40?,41-,42?/m1/s1. The topological polar surface area (TPSA) is 124 Å². The number of nitrogens with zero attached hydrogens (tertiary/aromatic N) is 1. The van der Waals surface area contributed by atoms with Crippen molar-refractivity contribution in [3.05, 3.63) is 11.6 Å². The molecule has 12 nitrogen and oxygen atoms in total. The van der Waals surface area contributed by atoms with Crippen LogP contribution in [0.2, 0.25) is 0 Å². The number of Topliss-reactive ketones (excluding diaryl/α,β-unsaturated/α-hetero) is 1. The molecule has 8 rings (SSSR count). The quantitative estimate of drug-likeness (QED) is 0.239. The molecule has 0 spiro atoms. The first kappa shape index (κ1) is 39.4. The zero-order valence-electron chi connectivity index (χ0n) is 33.8. The first-order valence-corrected chi connectivity index (χ1v) is 20.9. The Balaban J connectivity index is 1.02. The zero-order chi connectivity index (χ0) is 38.2. The Labute approximate surface area is 321 Å². The summed E-state index contributed by atoms with van der Waals surface area (Å²) >= 11 is 0. The summed E-state index contributed by atoms with van der Waals surface area (Å²) in [5.41, 5.74) is 0.0181. The van der Waals surface area contributed by atoms with E-state index in [2.05, 4.69) is 45.8 Å². The largest absolute Gasteiger partial charge is 0.462 e. The number of allylic oxidation sites excluding steroid dienone is 2. The Morgan fingerprint density at radius 1 is 0.907 bits per heavy atom. The molecule has 0 amide bonds. The number of ether oxygens (including phenoxy) is 9. The van der Waals surface area contributed by atoms with Gasteiger partial charge in [0.05, 0.1) is 43.0 Å². The average molecular weight is 760 g/mol. The fraction of sp³-hybridized carbons (Fsp3) is 0.905. The van der Waals surface area contributed by atoms with Gasteiger partial charge in [-0.15, -0.1) is 0 Å². The second kappa shape index (κ2) is 15.4. The molecule has 4 saturated heterocycles. The van der Waals surface area contributed by atoms with Crippen LogP contribution in [0.1, 0.15) is 85.5 Å². The molecule has 4 aliphatic carbocycles. The van der Waals surface area contributed by atoms with Crippen molar-refractivity contribution < 1.29 is 52.2 Å². The van der Waals surface area contributed by atoms with Crippen molar-refractivity contribution in [2.24, 2.45) is 41.4 Å². The summed E-state index contributed by atoms with van der Waals surface area (Å²) < 4.78 is 57.0. The minimum atomic E-state index is -0.744. The lowest BCUT2D eigenvalue weighted by molar-refractivity contribution is -0.402. The van der Waals surface area contributed by atoms with Crippen LogP contribution < -0.4 is 0 Å². The van der Waals surface area contributed by atoms with Crippen LogP contribution in [0.4, 0.5) is 0 Å². The number of carbonyl (C=O) groups is 2. The van der Waals surface area contributed by atoms with Gasteiger partial charge in [-0.3, -0.25) is 9.59 Å². The van der Waals surface area contributed by atoms with Crippen molar-refractivity contribution in [2.75, 3.05) is 35.4 Å². The molecular weight excluding hydrogens is 694 g/mol. The second-order valence-electron chi connectivity index (χ2n) is 18.0. The summed E-state index contributed by atoms with van der Waals surface area (Å²) in [4.78, 5) is 30.6. The Morgan fingerprint density at radius 3 is 2.37 bits per heavy atom. The molecule has 4 heterocycles. The zero-order valence-corrected chi connectivity index (χ0v) is 33.8. The van der Waals surface area contributed by atoms with Crippen LogP contribution in [-0.4, -0.2) is 131 Å². The Kier molecular flexibility index (Phi) is 11.2. The van der Waals surface area contributed by atoms with Crippen LogP contribution in [0, 0.1) is 41.4 Å². The number of esters is 1. The van der Waals surface area contributed by atoms with Crippen molar-refractivity contribution in [3.63, 3.8) is 0 Å². The van der Waals surface area contributed by atoms with E-state index < -0.39 is 11.9 Å². The highest BCUT2D eigenvalue weighted by Gasteiger charge is 2.74. The number of carbonyl (C=O) groups excluding carboxylic acids is 2. The molecule has 20 atom stereocenters. The molecule has 8 aliphatic rings. The molecule has 4 aliphatic heterocycles. The SMILES string of the molecule is CC[C@H]1CCC[C@H](O[C@H]2CC[C@H](N(C)C)C(C)O2)[C@@H](C)C(=O)C2=C[C@H]3[C@@H]4C[C@H](O[C@@H]5OC6C(C)[C@H](OC)C(OC)C65OC)C[C@H]4[C@H]4O[C@H]4[C@H]3[C@@H]2CC(=O)O1. The summed E-state index contributed by atoms with van der Waals surface area (Å²) in [5.74, 6) is 0.0535. The number of epoxide rings is 1. The molecule has 304 valence electrons. The highest BCUT2D eigenvalue weighted by Crippen LogP contribution is 2.63. The van der Waals surface area contributed by atoms with Crippen LogP contribution in [-0.2, 0) is 52.2 Å². The van der Waals surface area contributed by atoms with Gasteiger partial charge in [0, 0.05) is 51.0 Å². The van der Waals surface area contributed by atoms with Crippen LogP contribution in [0.3, 0.4) is 0 Å². The van der Waals surface area contributed by atoms with E-state index in [1.807, 2.05) is 6.92 Å². The van der Waals surface area contributed by atoms with Crippen molar-refractivity contribution in [3.8, 4) is 0 Å². The number of cyclic esters (lactones) is 1. The monoisotopic (exact) mass is 759 g/mol. The average Bonchev–Trinajstić information content (AvgIpc) is 3.60. The van der Waals surface area contributed by atoms with Gasteiger partial charge in [-0.2, -0.15) is 0 Å². The van der Waals surface area contributed by atoms with E-state index in [0.717, 1.165) is 50.5 Å². The van der Waals surface area contributed by atoms with E-state index in [1.165, 1.54) is 0 Å². The maximum atomic E-state index is 14.8. The van der Waals surface area contributed by atoms with E-state index in [9.17, 15) is 9.59 Å². The molecule has 7 fully saturated rings. The van der Waals surface area contributed by atoms with Gasteiger partial charge in [0.1, 0.15) is 18.3 Å². The normalized spacial score (nSPS) is 51.4. The smallest absolute Gasteiger partial charge is 0.306 e. The van der Waals surface area contributed by atoms with Crippen molar-refractivity contribution in [1.82, 2.24) is 4.90 Å². The third-order valence-electron chi connectivity index (χ3n) is 15.2. The predicted molar refractivity (Wildman–Crippen MR) is 196 cm³/mol. The third-order valence-corrected chi connectivity index (χ3v) is 15.2. The van der Waals surface area contributed by atoms with E-state index in [1.54, 1.807) is 21.3 Å². The van der Waals surface area contributed by atoms with Gasteiger partial charge in [-0.25, -0.2) is 0 Å². The van der Waals surface area contributed by atoms with E-state index in [-0.39, 0.29) is 115 Å². The molecule has 0 bridgehead atoms. The number of likely N-dealkylation sites (N-methyl/N-ethyl adjacent to an activating group) is 1. The van der Waals surface area contributed by atoms with Crippen molar-refractivity contribution in [1.29, 1.82) is 0 Å². The number of fused-ring (bicyclic) bond motifs is 9. The molecule has 3 saturated carbocycles. The van der Waals surface area contributed by atoms with Crippen LogP contribution in [0.15, 0.2) is 11.6 Å². The van der Waals surface area contributed by atoms with Crippen molar-refractivity contribution >= 4 is 11.8 Å². The summed E-state index contributed by atoms with van der Waals surface area (Å²) in [6, 6.07) is 0.335. The lowest BCUT2D eigenvalue weighted by Crippen LogP contribution is -2.71. The number of ketones is 1. The van der Waals surface area contributed by atoms with E-state index >= 15 is 0 Å². The van der Waals surface area contributed by atoms with Gasteiger partial charge in [-0.1, -0.05) is 26.8 Å². The molecule has 12 heteroatoms.